The molecule has 0 aliphatic rings. The Balaban J connectivity index is 2.39. The first-order valence-corrected chi connectivity index (χ1v) is 6.43. The third kappa shape index (κ3) is 4.07. The minimum absolute atomic E-state index is 0.0168. The summed E-state index contributed by atoms with van der Waals surface area (Å²) < 4.78 is 0. The van der Waals surface area contributed by atoms with Crippen LogP contribution in [0.25, 0.3) is 0 Å². The number of hydrogen-bond donors (Lipinski definition) is 0. The third-order valence-corrected chi connectivity index (χ3v) is 2.90. The van der Waals surface area contributed by atoms with Crippen LogP contribution in [0.4, 0.5) is 5.69 Å². The lowest BCUT2D eigenvalue weighted by atomic mass is 10.0. The molecule has 2 aromatic rings. The molecule has 5 heteroatoms. The Labute approximate surface area is 122 Å². The molecule has 0 saturated carbocycles. The van der Waals surface area contributed by atoms with Crippen molar-refractivity contribution in [3.8, 4) is 0 Å². The maximum absolute atomic E-state index is 11.3. The molecule has 106 valence electrons. The van der Waals surface area contributed by atoms with E-state index in [9.17, 15) is 14.9 Å². The summed E-state index contributed by atoms with van der Waals surface area (Å²) in [5.41, 5.74) is 2.08. The molecular formula is C16H14N2O3. The number of hydrogen-bond acceptors (Lipinski definition) is 3. The molecule has 0 unspecified atom stereocenters. The van der Waals surface area contributed by atoms with Gasteiger partial charge in [0.15, 0.2) is 0 Å². The Bertz CT molecular complexity index is 694. The lowest BCUT2D eigenvalue weighted by Gasteiger charge is -2.06. The van der Waals surface area contributed by atoms with Crippen molar-refractivity contribution >= 4 is 17.3 Å². The Morgan fingerprint density at radius 3 is 2.48 bits per heavy atom. The van der Waals surface area contributed by atoms with E-state index in [1.807, 2.05) is 30.3 Å². The summed E-state index contributed by atoms with van der Waals surface area (Å²) in [7, 11) is 0. The van der Waals surface area contributed by atoms with E-state index in [2.05, 4.69) is 4.99 Å². The van der Waals surface area contributed by atoms with Crippen LogP contribution in [0.5, 0.6) is 0 Å². The molecule has 0 heterocycles. The molecule has 0 bridgehead atoms. The normalized spacial score (nSPS) is 11.2. The van der Waals surface area contributed by atoms with Gasteiger partial charge in [0.25, 0.3) is 5.69 Å². The molecule has 0 fully saturated rings. The Kier molecular flexibility index (Phi) is 4.56. The number of amides is 1. The monoisotopic (exact) mass is 282 g/mol. The molecule has 2 aromatic carbocycles. The van der Waals surface area contributed by atoms with Crippen molar-refractivity contribution < 1.29 is 9.72 Å². The van der Waals surface area contributed by atoms with Gasteiger partial charge in [-0.2, -0.15) is 0 Å². The summed E-state index contributed by atoms with van der Waals surface area (Å²) in [5.74, 6) is -0.326. The number of carbonyl (C=O) groups excluding carboxylic acids is 1. The minimum Gasteiger partial charge on any atom is -0.273 e. The van der Waals surface area contributed by atoms with Gasteiger partial charge in [0.05, 0.1) is 10.6 Å². The maximum Gasteiger partial charge on any atom is 0.270 e. The number of aliphatic imine (C=N–C) groups is 1. The number of carbonyl (C=O) groups is 1. The van der Waals surface area contributed by atoms with E-state index in [0.717, 1.165) is 5.56 Å². The molecule has 0 aromatic heterocycles. The topological polar surface area (TPSA) is 72.6 Å². The van der Waals surface area contributed by atoms with Crippen molar-refractivity contribution in [1.82, 2.24) is 0 Å². The Morgan fingerprint density at radius 1 is 1.14 bits per heavy atom. The number of nitro groups is 1. The van der Waals surface area contributed by atoms with Crippen molar-refractivity contribution in [2.24, 2.45) is 4.99 Å². The van der Waals surface area contributed by atoms with Gasteiger partial charge in [-0.3, -0.25) is 14.9 Å². The second-order valence-corrected chi connectivity index (χ2v) is 4.55. The Hall–Kier alpha value is -2.82. The third-order valence-electron chi connectivity index (χ3n) is 2.90. The minimum atomic E-state index is -0.461. The predicted molar refractivity (Wildman–Crippen MR) is 80.5 cm³/mol. The largest absolute Gasteiger partial charge is 0.273 e. The van der Waals surface area contributed by atoms with Crippen LogP contribution in [0, 0.1) is 10.1 Å². The molecule has 0 saturated heterocycles. The molecule has 0 atom stereocenters. The lowest BCUT2D eigenvalue weighted by Crippen LogP contribution is -2.08. The van der Waals surface area contributed by atoms with Crippen LogP contribution >= 0.6 is 0 Å². The maximum atomic E-state index is 11.3. The van der Waals surface area contributed by atoms with Gasteiger partial charge in [0, 0.05) is 31.0 Å². The van der Waals surface area contributed by atoms with Gasteiger partial charge >= 0.3 is 0 Å². The van der Waals surface area contributed by atoms with Crippen LogP contribution in [0.2, 0.25) is 0 Å². The van der Waals surface area contributed by atoms with Crippen molar-refractivity contribution in [1.29, 1.82) is 0 Å². The molecule has 0 radical (unpaired) electrons. The molecule has 0 N–H and O–H groups in total. The van der Waals surface area contributed by atoms with E-state index in [0.29, 0.717) is 17.7 Å². The molecule has 2 rings (SSSR count). The molecule has 0 spiro atoms. The zero-order chi connectivity index (χ0) is 15.2. The van der Waals surface area contributed by atoms with E-state index in [1.165, 1.54) is 19.1 Å². The first-order chi connectivity index (χ1) is 10.1. The average molecular weight is 282 g/mol. The van der Waals surface area contributed by atoms with Crippen LogP contribution < -0.4 is 0 Å². The molecule has 5 nitrogen and oxygen atoms in total. The van der Waals surface area contributed by atoms with Crippen molar-refractivity contribution in [3.05, 3.63) is 75.8 Å². The van der Waals surface area contributed by atoms with Gasteiger partial charge in [-0.05, 0) is 5.56 Å². The second-order valence-electron chi connectivity index (χ2n) is 4.55. The first kappa shape index (κ1) is 14.6. The van der Waals surface area contributed by atoms with Gasteiger partial charge in [0.1, 0.15) is 0 Å². The van der Waals surface area contributed by atoms with Crippen molar-refractivity contribution in [2.75, 3.05) is 0 Å². The zero-order valence-corrected chi connectivity index (χ0v) is 11.5. The molecular weight excluding hydrogens is 268 g/mol. The summed E-state index contributed by atoms with van der Waals surface area (Å²) in [4.78, 5) is 25.7. The van der Waals surface area contributed by atoms with Gasteiger partial charge in [-0.1, -0.05) is 42.5 Å². The second kappa shape index (κ2) is 6.56. The zero-order valence-electron chi connectivity index (χ0n) is 11.5. The number of nitrogens with zero attached hydrogens (tertiary/aromatic N) is 2. The molecule has 0 aliphatic heterocycles. The summed E-state index contributed by atoms with van der Waals surface area (Å²) in [6.07, 6.45) is 0.446. The highest BCUT2D eigenvalue weighted by molar-refractivity contribution is 6.07. The van der Waals surface area contributed by atoms with Crippen LogP contribution in [0.1, 0.15) is 18.1 Å². The number of nitro benzene ring substituents is 1. The number of rotatable bonds is 4. The lowest BCUT2D eigenvalue weighted by molar-refractivity contribution is -0.384. The highest BCUT2D eigenvalue weighted by Gasteiger charge is 2.11. The number of benzene rings is 2. The smallest absolute Gasteiger partial charge is 0.270 e. The predicted octanol–water partition coefficient (Wildman–Crippen LogP) is 3.17. The van der Waals surface area contributed by atoms with Crippen molar-refractivity contribution in [2.45, 2.75) is 13.3 Å². The molecule has 1 amide bonds. The van der Waals surface area contributed by atoms with Crippen molar-refractivity contribution in [3.63, 3.8) is 0 Å². The number of non-ortho nitro benzene ring substituents is 1. The van der Waals surface area contributed by atoms with Gasteiger partial charge < -0.3 is 0 Å². The fraction of sp³-hybridized carbons (Fsp3) is 0.125. The van der Waals surface area contributed by atoms with Crippen LogP contribution in [-0.4, -0.2) is 16.5 Å². The van der Waals surface area contributed by atoms with Crippen LogP contribution in [0.3, 0.4) is 0 Å². The molecule has 0 aliphatic carbocycles. The van der Waals surface area contributed by atoms with Gasteiger partial charge in [0.2, 0.25) is 5.91 Å². The van der Waals surface area contributed by atoms with E-state index < -0.39 is 4.92 Å². The van der Waals surface area contributed by atoms with Gasteiger partial charge in [-0.15, -0.1) is 0 Å². The highest BCUT2D eigenvalue weighted by Crippen LogP contribution is 2.16. The van der Waals surface area contributed by atoms with E-state index in [-0.39, 0.29) is 11.6 Å². The van der Waals surface area contributed by atoms with E-state index >= 15 is 0 Å². The molecule has 21 heavy (non-hydrogen) atoms. The van der Waals surface area contributed by atoms with Gasteiger partial charge in [-0.25, -0.2) is 4.99 Å². The fourth-order valence-electron chi connectivity index (χ4n) is 1.98. The summed E-state index contributed by atoms with van der Waals surface area (Å²) in [6.45, 7) is 1.36. The van der Waals surface area contributed by atoms with Crippen LogP contribution in [-0.2, 0) is 11.2 Å². The summed E-state index contributed by atoms with van der Waals surface area (Å²) in [6, 6.07) is 15.7. The Morgan fingerprint density at radius 2 is 1.86 bits per heavy atom. The summed E-state index contributed by atoms with van der Waals surface area (Å²) >= 11 is 0. The SMILES string of the molecule is CC(=O)N=C(Cc1ccccc1)c1cccc([N+](=O)[O-])c1. The standard InChI is InChI=1S/C16H14N2O3/c1-12(19)17-16(10-13-6-3-2-4-7-13)14-8-5-9-15(11-14)18(20)21/h2-9,11H,10H2,1H3. The first-order valence-electron chi connectivity index (χ1n) is 6.43. The fourth-order valence-corrected chi connectivity index (χ4v) is 1.98. The van der Waals surface area contributed by atoms with E-state index in [1.54, 1.807) is 12.1 Å². The highest BCUT2D eigenvalue weighted by atomic mass is 16.6. The average Bonchev–Trinajstić information content (AvgIpc) is 2.47. The van der Waals surface area contributed by atoms with E-state index in [4.69, 9.17) is 0 Å². The quantitative estimate of drug-likeness (QED) is 0.491. The summed E-state index contributed by atoms with van der Waals surface area (Å²) in [5, 5.41) is 10.9. The van der Waals surface area contributed by atoms with Crippen LogP contribution in [0.15, 0.2) is 59.6 Å².